The maximum atomic E-state index is 5.70. The number of nitrogens with two attached hydrogens (primary N) is 1. The molecule has 1 aromatic carbocycles. The highest BCUT2D eigenvalue weighted by Gasteiger charge is 2.13. The van der Waals surface area contributed by atoms with Gasteiger partial charge in [0.25, 0.3) is 0 Å². The van der Waals surface area contributed by atoms with Gasteiger partial charge >= 0.3 is 0 Å². The minimum atomic E-state index is 0.0733. The Bertz CT molecular complexity index is 572. The quantitative estimate of drug-likeness (QED) is 0.624. The average molecular weight is 385 g/mol. The van der Waals surface area contributed by atoms with Crippen molar-refractivity contribution in [2.45, 2.75) is 19.4 Å². The van der Waals surface area contributed by atoms with Gasteiger partial charge in [0.1, 0.15) is 0 Å². The zero-order chi connectivity index (χ0) is 13.8. The van der Waals surface area contributed by atoms with Crippen molar-refractivity contribution < 1.29 is 0 Å². The zero-order valence-corrected chi connectivity index (χ0v) is 13.7. The van der Waals surface area contributed by atoms with Crippen molar-refractivity contribution in [1.29, 1.82) is 0 Å². The van der Waals surface area contributed by atoms with E-state index in [9.17, 15) is 0 Å². The molecule has 1 aromatic heterocycles. The van der Waals surface area contributed by atoms with Gasteiger partial charge in [-0.3, -0.25) is 16.3 Å². The Morgan fingerprint density at radius 3 is 2.63 bits per heavy atom. The molecule has 2 rings (SSSR count). The Morgan fingerprint density at radius 1 is 1.21 bits per heavy atom. The third-order valence-corrected chi connectivity index (χ3v) is 3.94. The lowest BCUT2D eigenvalue weighted by molar-refractivity contribution is 0.548. The van der Waals surface area contributed by atoms with E-state index in [4.69, 9.17) is 5.84 Å². The van der Waals surface area contributed by atoms with Gasteiger partial charge in [-0.2, -0.15) is 0 Å². The fourth-order valence-corrected chi connectivity index (χ4v) is 2.98. The lowest BCUT2D eigenvalue weighted by Crippen LogP contribution is -2.30. The van der Waals surface area contributed by atoms with Gasteiger partial charge in [-0.1, -0.05) is 22.0 Å². The van der Waals surface area contributed by atoms with Gasteiger partial charge in [-0.05, 0) is 64.2 Å². The normalized spacial score (nSPS) is 12.4. The number of pyridine rings is 1. The Hall–Kier alpha value is -0.750. The van der Waals surface area contributed by atoms with Crippen LogP contribution in [0.4, 0.5) is 0 Å². The third-order valence-electron chi connectivity index (χ3n) is 3.01. The summed E-state index contributed by atoms with van der Waals surface area (Å²) in [7, 11) is 0. The average Bonchev–Trinajstić information content (AvgIpc) is 2.37. The third kappa shape index (κ3) is 3.86. The van der Waals surface area contributed by atoms with Crippen molar-refractivity contribution in [3.63, 3.8) is 0 Å². The van der Waals surface area contributed by atoms with Crippen LogP contribution in [0.25, 0.3) is 0 Å². The molecule has 0 amide bonds. The van der Waals surface area contributed by atoms with Crippen LogP contribution >= 0.6 is 31.9 Å². The molecule has 0 radical (unpaired) electrons. The van der Waals surface area contributed by atoms with Crippen molar-refractivity contribution in [3.8, 4) is 0 Å². The van der Waals surface area contributed by atoms with E-state index in [2.05, 4.69) is 67.4 Å². The number of aromatic nitrogens is 1. The molecule has 0 aliphatic heterocycles. The number of hydrogen-bond donors (Lipinski definition) is 2. The highest BCUT2D eigenvalue weighted by molar-refractivity contribution is 9.10. The topological polar surface area (TPSA) is 50.9 Å². The Kier molecular flexibility index (Phi) is 5.10. The summed E-state index contributed by atoms with van der Waals surface area (Å²) in [4.78, 5) is 4.18. The summed E-state index contributed by atoms with van der Waals surface area (Å²) >= 11 is 6.91. The molecule has 0 saturated carbocycles. The van der Waals surface area contributed by atoms with E-state index >= 15 is 0 Å². The predicted octanol–water partition coefficient (Wildman–Crippen LogP) is 3.66. The molecule has 2 aromatic rings. The number of nitrogens with zero attached hydrogens (tertiary/aromatic N) is 1. The highest BCUT2D eigenvalue weighted by atomic mass is 79.9. The number of hydrazine groups is 1. The summed E-state index contributed by atoms with van der Waals surface area (Å²) in [5.74, 6) is 5.70. The molecule has 0 bridgehead atoms. The summed E-state index contributed by atoms with van der Waals surface area (Å²) in [6.07, 6.45) is 4.44. The van der Waals surface area contributed by atoms with Crippen LogP contribution < -0.4 is 11.3 Å². The van der Waals surface area contributed by atoms with Crippen LogP contribution in [0.5, 0.6) is 0 Å². The van der Waals surface area contributed by atoms with Crippen molar-refractivity contribution in [2.75, 3.05) is 0 Å². The largest absolute Gasteiger partial charge is 0.271 e. The van der Waals surface area contributed by atoms with E-state index in [1.807, 2.05) is 12.3 Å². The molecule has 1 unspecified atom stereocenters. The first-order valence-corrected chi connectivity index (χ1v) is 7.50. The zero-order valence-electron chi connectivity index (χ0n) is 10.5. The fourth-order valence-electron chi connectivity index (χ4n) is 2.09. The Morgan fingerprint density at radius 2 is 2.00 bits per heavy atom. The van der Waals surface area contributed by atoms with Crippen molar-refractivity contribution in [1.82, 2.24) is 10.4 Å². The van der Waals surface area contributed by atoms with E-state index in [1.165, 1.54) is 11.1 Å². The van der Waals surface area contributed by atoms with Gasteiger partial charge in [0.05, 0.1) is 6.04 Å². The number of hydrogen-bond acceptors (Lipinski definition) is 3. The Balaban J connectivity index is 2.25. The molecular weight excluding hydrogens is 370 g/mol. The summed E-state index contributed by atoms with van der Waals surface area (Å²) in [6.45, 7) is 2.09. The van der Waals surface area contributed by atoms with Gasteiger partial charge in [0.15, 0.2) is 0 Å². The van der Waals surface area contributed by atoms with Crippen LogP contribution in [0.1, 0.15) is 22.7 Å². The first-order chi connectivity index (χ1) is 9.10. The molecule has 0 spiro atoms. The maximum absolute atomic E-state index is 5.70. The minimum absolute atomic E-state index is 0.0733. The van der Waals surface area contributed by atoms with E-state index in [0.717, 1.165) is 20.9 Å². The van der Waals surface area contributed by atoms with E-state index in [1.54, 1.807) is 6.20 Å². The van der Waals surface area contributed by atoms with Crippen LogP contribution in [-0.2, 0) is 6.42 Å². The first kappa shape index (κ1) is 14.7. The number of rotatable bonds is 4. The van der Waals surface area contributed by atoms with E-state index in [0.29, 0.717) is 0 Å². The molecule has 1 atom stereocenters. The number of halogens is 2. The van der Waals surface area contributed by atoms with Gasteiger partial charge in [-0.25, -0.2) is 0 Å². The number of nitrogens with one attached hydrogen (secondary N) is 1. The summed E-state index contributed by atoms with van der Waals surface area (Å²) in [5, 5.41) is 0. The molecule has 3 nitrogen and oxygen atoms in total. The van der Waals surface area contributed by atoms with Crippen molar-refractivity contribution in [3.05, 3.63) is 62.3 Å². The molecule has 3 N–H and O–H groups in total. The summed E-state index contributed by atoms with van der Waals surface area (Å²) in [5.41, 5.74) is 6.44. The summed E-state index contributed by atoms with van der Waals surface area (Å²) < 4.78 is 2.06. The minimum Gasteiger partial charge on any atom is -0.271 e. The standard InChI is InChI=1S/C14H15Br2N3/c1-9-4-11(15)2-3-13(9)14(19-17)6-10-5-12(16)8-18-7-10/h2-5,7-8,14,19H,6,17H2,1H3. The van der Waals surface area contributed by atoms with Gasteiger partial charge in [0, 0.05) is 21.3 Å². The second-order valence-corrected chi connectivity index (χ2v) is 6.27. The second kappa shape index (κ2) is 6.61. The van der Waals surface area contributed by atoms with Crippen LogP contribution in [0.2, 0.25) is 0 Å². The molecular formula is C14H15Br2N3. The highest BCUT2D eigenvalue weighted by Crippen LogP contribution is 2.24. The smallest absolute Gasteiger partial charge is 0.0503 e. The van der Waals surface area contributed by atoms with Gasteiger partial charge in [-0.15, -0.1) is 0 Å². The second-order valence-electron chi connectivity index (χ2n) is 4.44. The lowest BCUT2D eigenvalue weighted by atomic mass is 9.96. The van der Waals surface area contributed by atoms with Crippen LogP contribution in [0.15, 0.2) is 45.6 Å². The molecule has 0 aliphatic carbocycles. The van der Waals surface area contributed by atoms with Crippen LogP contribution in [-0.4, -0.2) is 4.98 Å². The monoisotopic (exact) mass is 383 g/mol. The molecule has 100 valence electrons. The summed E-state index contributed by atoms with van der Waals surface area (Å²) in [6, 6.07) is 8.36. The van der Waals surface area contributed by atoms with Crippen LogP contribution in [0, 0.1) is 6.92 Å². The molecule has 1 heterocycles. The molecule has 0 fully saturated rings. The molecule has 19 heavy (non-hydrogen) atoms. The van der Waals surface area contributed by atoms with Gasteiger partial charge < -0.3 is 0 Å². The first-order valence-electron chi connectivity index (χ1n) is 5.91. The van der Waals surface area contributed by atoms with Crippen molar-refractivity contribution in [2.24, 2.45) is 5.84 Å². The molecule has 0 saturated heterocycles. The lowest BCUT2D eigenvalue weighted by Gasteiger charge is -2.19. The molecule has 5 heteroatoms. The Labute approximate surface area is 129 Å². The maximum Gasteiger partial charge on any atom is 0.0503 e. The van der Waals surface area contributed by atoms with Crippen LogP contribution in [0.3, 0.4) is 0 Å². The van der Waals surface area contributed by atoms with E-state index < -0.39 is 0 Å². The fraction of sp³-hybridized carbons (Fsp3) is 0.214. The van der Waals surface area contributed by atoms with Gasteiger partial charge in [0.2, 0.25) is 0 Å². The van der Waals surface area contributed by atoms with E-state index in [-0.39, 0.29) is 6.04 Å². The number of aryl methyl sites for hydroxylation is 1. The predicted molar refractivity (Wildman–Crippen MR) is 84.6 cm³/mol. The molecule has 0 aliphatic rings. The number of benzene rings is 1. The van der Waals surface area contributed by atoms with Crippen molar-refractivity contribution >= 4 is 31.9 Å². The SMILES string of the molecule is Cc1cc(Br)ccc1C(Cc1cncc(Br)c1)NN.